The average molecular weight is 410 g/mol. The van der Waals surface area contributed by atoms with E-state index in [2.05, 4.69) is 4.74 Å². The lowest BCUT2D eigenvalue weighted by atomic mass is 10.0. The molecule has 2 unspecified atom stereocenters. The van der Waals surface area contributed by atoms with Crippen molar-refractivity contribution in [2.75, 3.05) is 0 Å². The van der Waals surface area contributed by atoms with Gasteiger partial charge in [0.2, 0.25) is 0 Å². The summed E-state index contributed by atoms with van der Waals surface area (Å²) in [7, 11) is 0. The molecule has 0 aliphatic rings. The predicted molar refractivity (Wildman–Crippen MR) is 51.9 cm³/mol. The van der Waals surface area contributed by atoms with E-state index in [4.69, 9.17) is 0 Å². The number of hydrogen-bond acceptors (Lipinski definition) is 1. The van der Waals surface area contributed by atoms with Gasteiger partial charge in [-0.1, -0.05) is 0 Å². The Morgan fingerprint density at radius 3 is 0.880 bits per heavy atom. The molecule has 152 valence electrons. The van der Waals surface area contributed by atoms with Crippen molar-refractivity contribution in [2.24, 2.45) is 0 Å². The minimum absolute atomic E-state index is 0.947. The van der Waals surface area contributed by atoms with E-state index in [1.165, 1.54) is 0 Å². The highest BCUT2D eigenvalue weighted by Crippen LogP contribution is 2.54. The molecule has 0 fully saturated rings. The van der Waals surface area contributed by atoms with Gasteiger partial charge in [0.15, 0.2) is 0 Å². The summed E-state index contributed by atoms with van der Waals surface area (Å²) in [6.07, 6.45) is -10.6. The number of hydrogen-bond donors (Lipinski definition) is 0. The molecule has 2 atom stereocenters. The molecule has 0 aliphatic carbocycles. The monoisotopic (exact) mass is 410 g/mol. The quantitative estimate of drug-likeness (QED) is 0.484. The zero-order valence-electron chi connectivity index (χ0n) is 11.9. The zero-order chi connectivity index (χ0) is 20.9. The molecule has 0 bridgehead atoms. The normalized spacial score (nSPS) is 19.9. The van der Waals surface area contributed by atoms with Crippen LogP contribution in [0.15, 0.2) is 0 Å². The second kappa shape index (κ2) is 6.30. The molecule has 0 rings (SSSR count). The molecular formula is C10H8F14O. The van der Waals surface area contributed by atoms with E-state index in [1.807, 2.05) is 0 Å². The topological polar surface area (TPSA) is 9.23 Å². The van der Waals surface area contributed by atoms with Crippen LogP contribution in [-0.2, 0) is 4.74 Å². The van der Waals surface area contributed by atoms with Gasteiger partial charge in [-0.3, -0.25) is 4.74 Å². The van der Waals surface area contributed by atoms with Crippen molar-refractivity contribution in [3.05, 3.63) is 0 Å². The van der Waals surface area contributed by atoms with E-state index in [-0.39, 0.29) is 0 Å². The molecule has 0 aromatic carbocycles. The highest BCUT2D eigenvalue weighted by Gasteiger charge is 2.79. The number of halogens is 14. The molecule has 0 aromatic heterocycles. The van der Waals surface area contributed by atoms with E-state index in [0.717, 1.165) is 0 Å². The van der Waals surface area contributed by atoms with Gasteiger partial charge in [0.1, 0.15) is 0 Å². The molecule has 0 aliphatic heterocycles. The lowest BCUT2D eigenvalue weighted by Crippen LogP contribution is -2.66. The molecule has 0 N–H and O–H groups in total. The Balaban J connectivity index is 5.96. The minimum Gasteiger partial charge on any atom is -0.298 e. The molecule has 0 spiro atoms. The third-order valence-corrected chi connectivity index (χ3v) is 2.89. The molecule has 0 amide bonds. The Bertz CT molecular complexity index is 426. The van der Waals surface area contributed by atoms with E-state index >= 15 is 0 Å². The zero-order valence-corrected chi connectivity index (χ0v) is 11.9. The second-order valence-electron chi connectivity index (χ2n) is 4.93. The van der Waals surface area contributed by atoms with Gasteiger partial charge in [-0.25, -0.2) is 26.3 Å². The summed E-state index contributed by atoms with van der Waals surface area (Å²) in [5.74, 6) is -38.2. The van der Waals surface area contributed by atoms with Gasteiger partial charge >= 0.3 is 36.5 Å². The van der Waals surface area contributed by atoms with Crippen molar-refractivity contribution in [3.8, 4) is 0 Å². The summed E-state index contributed by atoms with van der Waals surface area (Å²) in [4.78, 5) is 0. The van der Waals surface area contributed by atoms with Gasteiger partial charge in [-0.05, 0) is 0 Å². The first-order valence-corrected chi connectivity index (χ1v) is 5.75. The summed E-state index contributed by atoms with van der Waals surface area (Å²) in [5, 5.41) is 0. The lowest BCUT2D eigenvalue weighted by Gasteiger charge is -2.41. The first-order chi connectivity index (χ1) is 10.6. The molecule has 0 aromatic rings. The molecule has 0 radical (unpaired) electrons. The Morgan fingerprint density at radius 1 is 0.520 bits per heavy atom. The predicted octanol–water partition coefficient (Wildman–Crippen LogP) is 5.45. The van der Waals surface area contributed by atoms with Crippen LogP contribution in [0.2, 0.25) is 0 Å². The van der Waals surface area contributed by atoms with Gasteiger partial charge in [-0.2, -0.15) is 35.1 Å². The highest BCUT2D eigenvalue weighted by molar-refractivity contribution is 5.01. The molecule has 1 nitrogen and oxygen atoms in total. The molecule has 0 heterocycles. The molecular weight excluding hydrogens is 402 g/mol. The van der Waals surface area contributed by atoms with Crippen molar-refractivity contribution in [1.82, 2.24) is 0 Å². The highest BCUT2D eigenvalue weighted by atomic mass is 19.4. The maximum Gasteiger partial charge on any atom is 0.375 e. The van der Waals surface area contributed by atoms with Crippen LogP contribution < -0.4 is 0 Å². The van der Waals surface area contributed by atoms with Crippen molar-refractivity contribution in [3.63, 3.8) is 0 Å². The van der Waals surface area contributed by atoms with Gasteiger partial charge in [-0.15, -0.1) is 0 Å². The van der Waals surface area contributed by atoms with Crippen molar-refractivity contribution >= 4 is 0 Å². The van der Waals surface area contributed by atoms with Crippen LogP contribution in [0.4, 0.5) is 61.5 Å². The molecule has 0 saturated heterocycles. The Hall–Kier alpha value is -1.02. The third-order valence-electron chi connectivity index (χ3n) is 2.89. The Labute approximate surface area is 129 Å². The standard InChI is InChI=1S/C10H8F14O/c1-5(15,9(21,22)7(17,18)3(11)12)25-6(2,16)10(23,24)8(19,20)4(13)14/h3-4H,1-2H3. The largest absolute Gasteiger partial charge is 0.375 e. The first kappa shape index (κ1) is 24.0. The van der Waals surface area contributed by atoms with Crippen LogP contribution in [0.5, 0.6) is 0 Å². The fourth-order valence-electron chi connectivity index (χ4n) is 1.36. The van der Waals surface area contributed by atoms with Crippen LogP contribution in [0, 0.1) is 0 Å². The molecule has 0 saturated carbocycles. The van der Waals surface area contributed by atoms with E-state index < -0.39 is 62.1 Å². The smallest absolute Gasteiger partial charge is 0.298 e. The van der Waals surface area contributed by atoms with Gasteiger partial charge in [0.05, 0.1) is 0 Å². The van der Waals surface area contributed by atoms with Crippen LogP contribution in [0.3, 0.4) is 0 Å². The maximum absolute atomic E-state index is 13.5. The number of ether oxygens (including phenoxy) is 1. The summed E-state index contributed by atoms with van der Waals surface area (Å²) in [5.41, 5.74) is 0. The SMILES string of the molecule is CC(F)(OC(C)(F)C(F)(F)C(F)(F)C(F)F)C(F)(F)C(F)(F)C(F)F. The fourth-order valence-corrected chi connectivity index (χ4v) is 1.36. The van der Waals surface area contributed by atoms with Crippen molar-refractivity contribution in [2.45, 2.75) is 62.1 Å². The van der Waals surface area contributed by atoms with E-state index in [0.29, 0.717) is 0 Å². The minimum atomic E-state index is -6.72. The van der Waals surface area contributed by atoms with Gasteiger partial charge in [0, 0.05) is 13.8 Å². The summed E-state index contributed by atoms with van der Waals surface area (Å²) in [6, 6.07) is 0. The summed E-state index contributed by atoms with van der Waals surface area (Å²) in [6.45, 7) is -1.89. The van der Waals surface area contributed by atoms with E-state index in [9.17, 15) is 61.5 Å². The average Bonchev–Trinajstić information content (AvgIpc) is 2.35. The lowest BCUT2D eigenvalue weighted by molar-refractivity contribution is -0.440. The Kier molecular flexibility index (Phi) is 6.04. The van der Waals surface area contributed by atoms with Crippen LogP contribution in [0.25, 0.3) is 0 Å². The maximum atomic E-state index is 13.5. The number of rotatable bonds is 8. The molecule has 15 heteroatoms. The third kappa shape index (κ3) is 3.60. The number of alkyl halides is 14. The van der Waals surface area contributed by atoms with Gasteiger partial charge in [0.25, 0.3) is 11.7 Å². The van der Waals surface area contributed by atoms with Gasteiger partial charge < -0.3 is 0 Å². The van der Waals surface area contributed by atoms with E-state index in [1.54, 1.807) is 0 Å². The van der Waals surface area contributed by atoms with Crippen molar-refractivity contribution < 1.29 is 66.2 Å². The first-order valence-electron chi connectivity index (χ1n) is 5.75. The Morgan fingerprint density at radius 2 is 0.720 bits per heavy atom. The van der Waals surface area contributed by atoms with Crippen LogP contribution >= 0.6 is 0 Å². The summed E-state index contributed by atoms with van der Waals surface area (Å²) < 4.78 is 180. The van der Waals surface area contributed by atoms with Crippen molar-refractivity contribution in [1.29, 1.82) is 0 Å². The second-order valence-corrected chi connectivity index (χ2v) is 4.93. The van der Waals surface area contributed by atoms with Crippen LogP contribution in [0.1, 0.15) is 13.8 Å². The van der Waals surface area contributed by atoms with Crippen LogP contribution in [-0.4, -0.2) is 48.3 Å². The fraction of sp³-hybridized carbons (Fsp3) is 1.00. The molecule has 25 heavy (non-hydrogen) atoms. The summed E-state index contributed by atoms with van der Waals surface area (Å²) >= 11 is 0.